The molecular weight excluding hydrogens is 336 g/mol. The van der Waals surface area contributed by atoms with Crippen LogP contribution >= 0.6 is 11.3 Å². The average Bonchev–Trinajstić information content (AvgIpc) is 2.94. The van der Waals surface area contributed by atoms with E-state index < -0.39 is 0 Å². The molecule has 0 atom stereocenters. The minimum Gasteiger partial charge on any atom is -0.256 e. The first-order valence-corrected chi connectivity index (χ1v) is 9.88. The third kappa shape index (κ3) is 3.24. The number of nitrogens with zero attached hydrogens (tertiary/aromatic N) is 2. The number of hydrogen-bond donors (Lipinski definition) is 0. The molecule has 0 aliphatic carbocycles. The highest BCUT2D eigenvalue weighted by Crippen LogP contribution is 2.35. The summed E-state index contributed by atoms with van der Waals surface area (Å²) in [6.45, 7) is 11.1. The molecule has 26 heavy (non-hydrogen) atoms. The summed E-state index contributed by atoms with van der Waals surface area (Å²) in [7, 11) is 0. The average molecular weight is 361 g/mol. The summed E-state index contributed by atoms with van der Waals surface area (Å²) in [5.41, 5.74) is 6.11. The molecule has 4 aromatic rings. The van der Waals surface area contributed by atoms with E-state index in [1.807, 2.05) is 17.5 Å². The second-order valence-corrected chi connectivity index (χ2v) is 9.50. The number of aryl methyl sites for hydroxylation is 2. The molecule has 0 bridgehead atoms. The first-order chi connectivity index (χ1) is 12.3. The molecule has 2 nitrogen and oxygen atoms in total. The van der Waals surface area contributed by atoms with Crippen LogP contribution in [0, 0.1) is 19.3 Å². The van der Waals surface area contributed by atoms with Crippen LogP contribution in [0.1, 0.15) is 36.9 Å². The summed E-state index contributed by atoms with van der Waals surface area (Å²) in [5, 5.41) is 3.59. The number of thiazole rings is 1. The second-order valence-electron chi connectivity index (χ2n) is 8.39. The van der Waals surface area contributed by atoms with E-state index in [1.165, 1.54) is 37.2 Å². The molecule has 0 aliphatic rings. The van der Waals surface area contributed by atoms with Crippen molar-refractivity contribution in [3.63, 3.8) is 0 Å². The fraction of sp³-hybridized carbons (Fsp3) is 0.304. The first kappa shape index (κ1) is 17.2. The highest BCUT2D eigenvalue weighted by Gasteiger charge is 2.16. The summed E-state index contributed by atoms with van der Waals surface area (Å²) in [6.07, 6.45) is 2.92. The fourth-order valence-corrected chi connectivity index (χ4v) is 4.85. The van der Waals surface area contributed by atoms with Gasteiger partial charge in [-0.1, -0.05) is 44.0 Å². The van der Waals surface area contributed by atoms with Gasteiger partial charge in [-0.3, -0.25) is 4.98 Å². The van der Waals surface area contributed by atoms with Gasteiger partial charge in [0.1, 0.15) is 0 Å². The smallest absolute Gasteiger partial charge is 0.0944 e. The predicted octanol–water partition coefficient (Wildman–Crippen LogP) is 6.72. The van der Waals surface area contributed by atoms with Crippen LogP contribution in [0.3, 0.4) is 0 Å². The van der Waals surface area contributed by atoms with Crippen molar-refractivity contribution in [2.45, 2.75) is 41.0 Å². The van der Waals surface area contributed by atoms with Crippen molar-refractivity contribution in [3.8, 4) is 11.3 Å². The summed E-state index contributed by atoms with van der Waals surface area (Å²) < 4.78 is 1.26. The maximum absolute atomic E-state index is 4.99. The van der Waals surface area contributed by atoms with Gasteiger partial charge in [0.05, 0.1) is 20.9 Å². The minimum atomic E-state index is 0.246. The molecule has 0 amide bonds. The van der Waals surface area contributed by atoms with Crippen LogP contribution in [0.15, 0.2) is 42.6 Å². The molecule has 2 heterocycles. The minimum absolute atomic E-state index is 0.246. The molecule has 0 fully saturated rings. The zero-order chi connectivity index (χ0) is 18.5. The third-order valence-corrected chi connectivity index (χ3v) is 5.54. The summed E-state index contributed by atoms with van der Waals surface area (Å²) >= 11 is 1.81. The van der Waals surface area contributed by atoms with Crippen LogP contribution in [0.4, 0.5) is 0 Å². The lowest BCUT2D eigenvalue weighted by Gasteiger charge is -2.15. The number of rotatable bonds is 2. The van der Waals surface area contributed by atoms with Gasteiger partial charge in [0, 0.05) is 29.0 Å². The van der Waals surface area contributed by atoms with Crippen LogP contribution in [0.2, 0.25) is 0 Å². The van der Waals surface area contributed by atoms with E-state index >= 15 is 0 Å². The summed E-state index contributed by atoms with van der Waals surface area (Å²) in [6, 6.07) is 13.1. The monoisotopic (exact) mass is 360 g/mol. The molecular formula is C23H24N2S. The Kier molecular flexibility index (Phi) is 4.07. The molecule has 132 valence electrons. The fourth-order valence-electron chi connectivity index (χ4n) is 3.56. The first-order valence-electron chi connectivity index (χ1n) is 9.06. The Morgan fingerprint density at radius 1 is 0.923 bits per heavy atom. The van der Waals surface area contributed by atoms with Crippen molar-refractivity contribution in [1.82, 2.24) is 9.97 Å². The Morgan fingerprint density at radius 2 is 1.65 bits per heavy atom. The van der Waals surface area contributed by atoms with Crippen LogP contribution in [0.25, 0.3) is 32.2 Å². The molecule has 0 unspecified atom stereocenters. The number of fused-ring (bicyclic) bond motifs is 3. The Hall–Kier alpha value is -2.26. The van der Waals surface area contributed by atoms with Crippen molar-refractivity contribution in [1.29, 1.82) is 0 Å². The molecule has 0 radical (unpaired) electrons. The van der Waals surface area contributed by atoms with E-state index in [0.717, 1.165) is 17.6 Å². The van der Waals surface area contributed by atoms with Crippen LogP contribution in [0.5, 0.6) is 0 Å². The molecule has 0 spiro atoms. The topological polar surface area (TPSA) is 25.8 Å². The number of aromatic nitrogens is 2. The largest absolute Gasteiger partial charge is 0.256 e. The molecule has 0 saturated heterocycles. The lowest BCUT2D eigenvalue weighted by atomic mass is 9.93. The van der Waals surface area contributed by atoms with E-state index in [4.69, 9.17) is 9.97 Å². The standard InChI is InChI=1S/C23H24N2S/c1-14-10-15(2)12-16(11-14)21-17-6-7-19-22(18(17)8-9-24-21)25-20(26-19)13-23(3,4)5/h6-12H,13H2,1-5H3. The van der Waals surface area contributed by atoms with E-state index in [2.05, 4.69) is 71.0 Å². The normalized spacial score (nSPS) is 12.2. The second kappa shape index (κ2) is 6.17. The van der Waals surface area contributed by atoms with Crippen molar-refractivity contribution < 1.29 is 0 Å². The van der Waals surface area contributed by atoms with Gasteiger partial charge >= 0.3 is 0 Å². The van der Waals surface area contributed by atoms with E-state index in [9.17, 15) is 0 Å². The summed E-state index contributed by atoms with van der Waals surface area (Å²) in [5.74, 6) is 0. The zero-order valence-corrected chi connectivity index (χ0v) is 16.9. The Balaban J connectivity index is 1.93. The lowest BCUT2D eigenvalue weighted by molar-refractivity contribution is 0.411. The Morgan fingerprint density at radius 3 is 2.35 bits per heavy atom. The zero-order valence-electron chi connectivity index (χ0n) is 16.1. The van der Waals surface area contributed by atoms with Crippen molar-refractivity contribution >= 4 is 32.3 Å². The quantitative estimate of drug-likeness (QED) is 0.397. The summed E-state index contributed by atoms with van der Waals surface area (Å²) in [4.78, 5) is 9.69. The van der Waals surface area contributed by atoms with Crippen LogP contribution in [-0.2, 0) is 6.42 Å². The number of benzene rings is 2. The van der Waals surface area contributed by atoms with Gasteiger partial charge in [0.25, 0.3) is 0 Å². The van der Waals surface area contributed by atoms with E-state index in [1.54, 1.807) is 0 Å². The van der Waals surface area contributed by atoms with Crippen molar-refractivity contribution in [3.05, 3.63) is 58.7 Å². The van der Waals surface area contributed by atoms with Gasteiger partial charge in [0.15, 0.2) is 0 Å². The molecule has 2 aromatic heterocycles. The third-order valence-electron chi connectivity index (χ3n) is 4.52. The van der Waals surface area contributed by atoms with E-state index in [0.29, 0.717) is 0 Å². The van der Waals surface area contributed by atoms with Gasteiger partial charge in [-0.15, -0.1) is 11.3 Å². The number of hydrogen-bond acceptors (Lipinski definition) is 3. The molecule has 0 N–H and O–H groups in total. The van der Waals surface area contributed by atoms with Gasteiger partial charge in [0.2, 0.25) is 0 Å². The maximum Gasteiger partial charge on any atom is 0.0944 e. The van der Waals surface area contributed by atoms with Crippen molar-refractivity contribution in [2.24, 2.45) is 5.41 Å². The highest BCUT2D eigenvalue weighted by atomic mass is 32.1. The molecule has 2 aromatic carbocycles. The molecule has 0 saturated carbocycles. The van der Waals surface area contributed by atoms with Crippen molar-refractivity contribution in [2.75, 3.05) is 0 Å². The van der Waals surface area contributed by atoms with Gasteiger partial charge < -0.3 is 0 Å². The molecule has 3 heteroatoms. The van der Waals surface area contributed by atoms with E-state index in [-0.39, 0.29) is 5.41 Å². The molecule has 4 rings (SSSR count). The van der Waals surface area contributed by atoms with Crippen LogP contribution < -0.4 is 0 Å². The lowest BCUT2D eigenvalue weighted by Crippen LogP contribution is -2.08. The van der Waals surface area contributed by atoms with Gasteiger partial charge in [-0.2, -0.15) is 0 Å². The highest BCUT2D eigenvalue weighted by molar-refractivity contribution is 7.18. The van der Waals surface area contributed by atoms with Crippen LogP contribution in [-0.4, -0.2) is 9.97 Å². The Labute approximate surface area is 158 Å². The van der Waals surface area contributed by atoms with Gasteiger partial charge in [-0.25, -0.2) is 4.98 Å². The SMILES string of the molecule is Cc1cc(C)cc(-c2nccc3c2ccc2sc(CC(C)(C)C)nc23)c1. The number of pyridine rings is 1. The Bertz CT molecular complexity index is 1100. The predicted molar refractivity (Wildman–Crippen MR) is 113 cm³/mol. The maximum atomic E-state index is 4.99. The molecule has 0 aliphatic heterocycles. The van der Waals surface area contributed by atoms with Gasteiger partial charge in [-0.05, 0) is 43.5 Å².